The molecule has 2 N–H and O–H groups in total. The highest BCUT2D eigenvalue weighted by Gasteiger charge is 2.30. The number of carboxylic acids is 1. The molecule has 1 atom stereocenters. The van der Waals surface area contributed by atoms with Crippen molar-refractivity contribution >= 4 is 11.9 Å². The predicted molar refractivity (Wildman–Crippen MR) is 63.8 cm³/mol. The summed E-state index contributed by atoms with van der Waals surface area (Å²) in [5.74, 6) is -0.0301. The second-order valence-corrected chi connectivity index (χ2v) is 3.85. The average Bonchev–Trinajstić information content (AvgIpc) is 2.37. The number of hydrogen-bond donors (Lipinski definition) is 2. The first-order valence-electron chi connectivity index (χ1n) is 5.40. The van der Waals surface area contributed by atoms with Crippen LogP contribution in [0.15, 0.2) is 24.3 Å². The molecule has 0 fully saturated rings. The number of aliphatic carboxylic acids is 1. The van der Waals surface area contributed by atoms with E-state index >= 15 is 0 Å². The van der Waals surface area contributed by atoms with Crippen molar-refractivity contribution in [3.8, 4) is 12.3 Å². The van der Waals surface area contributed by atoms with Crippen molar-refractivity contribution < 1.29 is 27.9 Å². The highest BCUT2D eigenvalue weighted by atomic mass is 19.4. The maximum atomic E-state index is 12.3. The van der Waals surface area contributed by atoms with E-state index < -0.39 is 29.7 Å². The van der Waals surface area contributed by atoms with Gasteiger partial charge in [0.1, 0.15) is 6.04 Å². The lowest BCUT2D eigenvalue weighted by molar-refractivity contribution is -0.139. The third kappa shape index (κ3) is 4.02. The third-order valence-corrected chi connectivity index (χ3v) is 2.40. The van der Waals surface area contributed by atoms with Crippen LogP contribution in [0.3, 0.4) is 0 Å². The summed E-state index contributed by atoms with van der Waals surface area (Å²) in [6.45, 7) is 0. The molecule has 1 aromatic carbocycles. The van der Waals surface area contributed by atoms with Crippen molar-refractivity contribution in [3.63, 3.8) is 0 Å². The van der Waals surface area contributed by atoms with Crippen LogP contribution in [0.1, 0.15) is 22.3 Å². The number of halogens is 3. The second kappa shape index (κ2) is 6.10. The smallest absolute Gasteiger partial charge is 0.416 e. The number of carbonyl (C=O) groups excluding carboxylic acids is 1. The quantitative estimate of drug-likeness (QED) is 0.830. The van der Waals surface area contributed by atoms with Gasteiger partial charge in [0, 0.05) is 12.0 Å². The molecular weight excluding hydrogens is 275 g/mol. The van der Waals surface area contributed by atoms with Gasteiger partial charge in [-0.25, -0.2) is 4.79 Å². The zero-order valence-corrected chi connectivity index (χ0v) is 10.1. The van der Waals surface area contributed by atoms with Gasteiger partial charge in [-0.2, -0.15) is 13.2 Å². The fourth-order valence-corrected chi connectivity index (χ4v) is 1.37. The van der Waals surface area contributed by atoms with Crippen LogP contribution in [0.2, 0.25) is 0 Å². The molecule has 0 aliphatic rings. The summed E-state index contributed by atoms with van der Waals surface area (Å²) in [4.78, 5) is 22.5. The number of terminal acetylenes is 1. The number of benzene rings is 1. The Hall–Kier alpha value is -2.49. The van der Waals surface area contributed by atoms with E-state index in [9.17, 15) is 22.8 Å². The van der Waals surface area contributed by atoms with E-state index in [2.05, 4.69) is 11.2 Å². The van der Waals surface area contributed by atoms with Crippen LogP contribution in [0.4, 0.5) is 13.2 Å². The molecule has 0 saturated carbocycles. The molecule has 0 radical (unpaired) electrons. The van der Waals surface area contributed by atoms with Gasteiger partial charge in [-0.15, -0.1) is 12.3 Å². The maximum absolute atomic E-state index is 12.3. The molecule has 0 bridgehead atoms. The topological polar surface area (TPSA) is 66.4 Å². The van der Waals surface area contributed by atoms with Gasteiger partial charge < -0.3 is 10.4 Å². The molecule has 1 rings (SSSR count). The van der Waals surface area contributed by atoms with E-state index in [0.29, 0.717) is 0 Å². The first-order chi connectivity index (χ1) is 9.25. The molecule has 0 aliphatic carbocycles. The molecule has 20 heavy (non-hydrogen) atoms. The Morgan fingerprint density at radius 1 is 1.30 bits per heavy atom. The van der Waals surface area contributed by atoms with Gasteiger partial charge >= 0.3 is 12.1 Å². The number of carbonyl (C=O) groups is 2. The summed E-state index contributed by atoms with van der Waals surface area (Å²) < 4.78 is 37.0. The summed E-state index contributed by atoms with van der Waals surface area (Å²) in [5.41, 5.74) is -0.978. The molecule has 0 unspecified atom stereocenters. The first kappa shape index (κ1) is 15.6. The van der Waals surface area contributed by atoms with E-state index in [-0.39, 0.29) is 12.0 Å². The van der Waals surface area contributed by atoms with Crippen LogP contribution in [-0.2, 0) is 11.0 Å². The Labute approximate surface area is 112 Å². The minimum atomic E-state index is -4.50. The molecule has 4 nitrogen and oxygen atoms in total. The van der Waals surface area contributed by atoms with E-state index in [4.69, 9.17) is 11.5 Å². The number of carboxylic acid groups (broad SMARTS) is 1. The van der Waals surface area contributed by atoms with Crippen LogP contribution in [0, 0.1) is 12.3 Å². The maximum Gasteiger partial charge on any atom is 0.416 e. The van der Waals surface area contributed by atoms with Gasteiger partial charge in [0.2, 0.25) is 0 Å². The highest BCUT2D eigenvalue weighted by Crippen LogP contribution is 2.29. The number of nitrogens with one attached hydrogen (secondary N) is 1. The first-order valence-corrected chi connectivity index (χ1v) is 5.40. The van der Waals surface area contributed by atoms with E-state index in [1.807, 2.05) is 0 Å². The van der Waals surface area contributed by atoms with Crippen molar-refractivity contribution in [2.24, 2.45) is 0 Å². The number of hydrogen-bond acceptors (Lipinski definition) is 2. The fourth-order valence-electron chi connectivity index (χ4n) is 1.37. The molecule has 106 valence electrons. The van der Waals surface area contributed by atoms with Crippen molar-refractivity contribution in [2.75, 3.05) is 0 Å². The highest BCUT2D eigenvalue weighted by molar-refractivity contribution is 5.96. The van der Waals surface area contributed by atoms with Crippen LogP contribution in [0.5, 0.6) is 0 Å². The SMILES string of the molecule is C#CC[C@H](NC(=O)c1ccc(C(F)(F)F)cc1)C(=O)O. The van der Waals surface area contributed by atoms with Gasteiger partial charge in [-0.3, -0.25) is 4.79 Å². The number of alkyl halides is 3. The normalized spacial score (nSPS) is 12.3. The summed E-state index contributed by atoms with van der Waals surface area (Å²) in [6, 6.07) is 2.13. The lowest BCUT2D eigenvalue weighted by atomic mass is 10.1. The Bertz CT molecular complexity index is 543. The van der Waals surface area contributed by atoms with Crippen molar-refractivity contribution in [3.05, 3.63) is 35.4 Å². The third-order valence-electron chi connectivity index (χ3n) is 2.40. The summed E-state index contributed by atoms with van der Waals surface area (Å²) >= 11 is 0. The van der Waals surface area contributed by atoms with E-state index in [1.54, 1.807) is 0 Å². The molecule has 1 aromatic rings. The molecule has 0 spiro atoms. The molecule has 0 heterocycles. The Kier molecular flexibility index (Phi) is 4.75. The summed E-state index contributed by atoms with van der Waals surface area (Å²) in [7, 11) is 0. The lowest BCUT2D eigenvalue weighted by Crippen LogP contribution is -2.40. The number of rotatable bonds is 4. The van der Waals surface area contributed by atoms with Gasteiger partial charge in [0.05, 0.1) is 5.56 Å². The standard InChI is InChI=1S/C13H10F3NO3/c1-2-3-10(12(19)20)17-11(18)8-4-6-9(7-5-8)13(14,15)16/h1,4-7,10H,3H2,(H,17,18)(H,19,20)/t10-/m0/s1. The van der Waals surface area contributed by atoms with Gasteiger partial charge in [0.25, 0.3) is 5.91 Å². The zero-order chi connectivity index (χ0) is 15.3. The van der Waals surface area contributed by atoms with Crippen molar-refractivity contribution in [1.82, 2.24) is 5.32 Å². The Morgan fingerprint density at radius 3 is 2.25 bits per heavy atom. The Balaban J connectivity index is 2.83. The molecule has 0 aromatic heterocycles. The number of amides is 1. The molecule has 0 aliphatic heterocycles. The zero-order valence-electron chi connectivity index (χ0n) is 10.1. The molecular formula is C13H10F3NO3. The van der Waals surface area contributed by atoms with Crippen LogP contribution in [0.25, 0.3) is 0 Å². The molecule has 1 amide bonds. The van der Waals surface area contributed by atoms with Gasteiger partial charge in [-0.1, -0.05) is 0 Å². The minimum absolute atomic E-state index is 0.0822. The van der Waals surface area contributed by atoms with Crippen LogP contribution < -0.4 is 5.32 Å². The van der Waals surface area contributed by atoms with Crippen molar-refractivity contribution in [2.45, 2.75) is 18.6 Å². The monoisotopic (exact) mass is 285 g/mol. The second-order valence-electron chi connectivity index (χ2n) is 3.85. The van der Waals surface area contributed by atoms with Crippen molar-refractivity contribution in [1.29, 1.82) is 0 Å². The predicted octanol–water partition coefficient (Wildman–Crippen LogP) is 1.91. The van der Waals surface area contributed by atoms with E-state index in [0.717, 1.165) is 24.3 Å². The van der Waals surface area contributed by atoms with Crippen LogP contribution in [-0.4, -0.2) is 23.0 Å². The van der Waals surface area contributed by atoms with Gasteiger partial charge in [-0.05, 0) is 24.3 Å². The van der Waals surface area contributed by atoms with Crippen LogP contribution >= 0.6 is 0 Å². The average molecular weight is 285 g/mol. The largest absolute Gasteiger partial charge is 0.480 e. The fraction of sp³-hybridized carbons (Fsp3) is 0.231. The Morgan fingerprint density at radius 2 is 1.85 bits per heavy atom. The minimum Gasteiger partial charge on any atom is -0.480 e. The van der Waals surface area contributed by atoms with Gasteiger partial charge in [0.15, 0.2) is 0 Å². The lowest BCUT2D eigenvalue weighted by Gasteiger charge is -2.12. The molecule has 7 heteroatoms. The van der Waals surface area contributed by atoms with E-state index in [1.165, 1.54) is 0 Å². The summed E-state index contributed by atoms with van der Waals surface area (Å²) in [5, 5.41) is 10.9. The molecule has 0 saturated heterocycles. The summed E-state index contributed by atoms with van der Waals surface area (Å²) in [6.07, 6.45) is 0.241.